The summed E-state index contributed by atoms with van der Waals surface area (Å²) in [6.45, 7) is 3.74. The molecule has 0 bridgehead atoms. The highest BCUT2D eigenvalue weighted by atomic mass is 32.2. The zero-order valence-corrected chi connectivity index (χ0v) is 22.9. The predicted molar refractivity (Wildman–Crippen MR) is 146 cm³/mol. The number of benzene rings is 2. The Morgan fingerprint density at radius 1 is 1.02 bits per heavy atom. The average molecular weight is 575 g/mol. The number of nitro benzene ring substituents is 2. The second-order valence-electron chi connectivity index (χ2n) is 9.26. The monoisotopic (exact) mass is 574 g/mol. The Balaban J connectivity index is 1.46. The number of carbonyl (C=O) groups is 3. The van der Waals surface area contributed by atoms with Gasteiger partial charge in [-0.3, -0.25) is 25.0 Å². The number of non-ortho nitro benzene ring substituents is 2. The minimum absolute atomic E-state index is 0.0311. The Morgan fingerprint density at radius 3 is 2.33 bits per heavy atom. The second-order valence-corrected chi connectivity index (χ2v) is 10.7. The van der Waals surface area contributed by atoms with Gasteiger partial charge >= 0.3 is 12.2 Å². The van der Waals surface area contributed by atoms with Gasteiger partial charge in [0.15, 0.2) is 5.12 Å². The average Bonchev–Trinajstić information content (AvgIpc) is 3.30. The zero-order chi connectivity index (χ0) is 29.2. The van der Waals surface area contributed by atoms with E-state index in [4.69, 9.17) is 9.47 Å². The summed E-state index contributed by atoms with van der Waals surface area (Å²) in [6, 6.07) is 9.85. The predicted octanol–water partition coefficient (Wildman–Crippen LogP) is 4.88. The summed E-state index contributed by atoms with van der Waals surface area (Å²) in [5.74, 6) is 0. The molecule has 0 aromatic heterocycles. The number of nitro groups is 2. The highest BCUT2D eigenvalue weighted by molar-refractivity contribution is 8.14. The van der Waals surface area contributed by atoms with Gasteiger partial charge in [-0.15, -0.1) is 0 Å². The van der Waals surface area contributed by atoms with Crippen molar-refractivity contribution in [2.24, 2.45) is 0 Å². The Hall–Kier alpha value is -4.20. The van der Waals surface area contributed by atoms with E-state index < -0.39 is 22.0 Å². The molecule has 3 rings (SSSR count). The van der Waals surface area contributed by atoms with E-state index >= 15 is 0 Å². The van der Waals surface area contributed by atoms with Crippen LogP contribution in [0.2, 0.25) is 0 Å². The topological polar surface area (TPSA) is 171 Å². The van der Waals surface area contributed by atoms with Gasteiger partial charge in [0.1, 0.15) is 13.2 Å². The van der Waals surface area contributed by atoms with Crippen LogP contribution in [0.5, 0.6) is 0 Å². The van der Waals surface area contributed by atoms with Gasteiger partial charge in [0.2, 0.25) is 0 Å². The smallest absolute Gasteiger partial charge is 0.410 e. The lowest BCUT2D eigenvalue weighted by Gasteiger charge is -2.24. The maximum absolute atomic E-state index is 12.9. The van der Waals surface area contributed by atoms with Crippen LogP contribution < -0.4 is 5.32 Å². The molecule has 1 aliphatic rings. The number of thioether (sulfide) groups is 1. The summed E-state index contributed by atoms with van der Waals surface area (Å²) in [4.78, 5) is 58.9. The molecule has 14 heteroatoms. The number of rotatable bonds is 11. The van der Waals surface area contributed by atoms with E-state index in [9.17, 15) is 34.6 Å². The molecule has 1 fully saturated rings. The number of hydrogen-bond acceptors (Lipinski definition) is 10. The minimum Gasteiger partial charge on any atom is -0.445 e. The van der Waals surface area contributed by atoms with Crippen LogP contribution in [0, 0.1) is 27.2 Å². The lowest BCUT2D eigenvalue weighted by Crippen LogP contribution is -2.37. The van der Waals surface area contributed by atoms with Crippen LogP contribution in [0.25, 0.3) is 0 Å². The SMILES string of the molecule is CC(=O)S[C@H]1C[C@H](CCCNC(=O)OCc2ccc([N+](=O)[O-])cc2C)N(C(=O)OCc2ccc([N+](=O)[O-])cc2)C1. The summed E-state index contributed by atoms with van der Waals surface area (Å²) in [7, 11) is 0. The molecule has 214 valence electrons. The third-order valence-electron chi connectivity index (χ3n) is 6.33. The summed E-state index contributed by atoms with van der Waals surface area (Å²) in [5.41, 5.74) is 1.81. The van der Waals surface area contributed by atoms with Crippen molar-refractivity contribution in [3.8, 4) is 0 Å². The van der Waals surface area contributed by atoms with E-state index in [0.717, 1.165) is 0 Å². The van der Waals surface area contributed by atoms with Crippen LogP contribution in [0.3, 0.4) is 0 Å². The molecule has 1 saturated heterocycles. The number of aryl methyl sites for hydroxylation is 1. The summed E-state index contributed by atoms with van der Waals surface area (Å²) in [5, 5.41) is 24.2. The fraction of sp³-hybridized carbons (Fsp3) is 0.423. The molecule has 0 spiro atoms. The number of likely N-dealkylation sites (tertiary alicyclic amines) is 1. The first kappa shape index (κ1) is 30.3. The molecule has 2 atom stereocenters. The Labute approximate surface area is 234 Å². The molecular weight excluding hydrogens is 544 g/mol. The first-order chi connectivity index (χ1) is 19.0. The van der Waals surface area contributed by atoms with Crippen molar-refractivity contribution in [3.05, 3.63) is 79.4 Å². The molecule has 1 N–H and O–H groups in total. The van der Waals surface area contributed by atoms with Crippen LogP contribution in [0.15, 0.2) is 42.5 Å². The molecule has 0 unspecified atom stereocenters. The number of carbonyl (C=O) groups excluding carboxylic acids is 3. The lowest BCUT2D eigenvalue weighted by atomic mass is 10.1. The van der Waals surface area contributed by atoms with Gasteiger partial charge in [0.25, 0.3) is 11.4 Å². The number of nitrogens with one attached hydrogen (secondary N) is 1. The van der Waals surface area contributed by atoms with Crippen molar-refractivity contribution >= 4 is 40.4 Å². The summed E-state index contributed by atoms with van der Waals surface area (Å²) in [6.07, 6.45) is 0.527. The van der Waals surface area contributed by atoms with Gasteiger partial charge in [-0.05, 0) is 61.1 Å². The standard InChI is InChI=1S/C26H30N4O9S/c1-17-12-23(30(36)37)10-7-20(17)16-38-25(32)27-11-3-4-22-13-24(40-18(2)31)14-28(22)26(33)39-15-19-5-8-21(9-6-19)29(34)35/h5-10,12,22,24H,3-4,11,13-16H2,1-2H3,(H,27,32)/t22-,24-/m0/s1. The molecule has 1 aliphatic heterocycles. The third-order valence-corrected chi connectivity index (χ3v) is 7.34. The van der Waals surface area contributed by atoms with Crippen LogP contribution in [-0.2, 0) is 27.5 Å². The van der Waals surface area contributed by atoms with Crippen molar-refractivity contribution in [3.63, 3.8) is 0 Å². The normalized spacial score (nSPS) is 16.3. The number of nitrogens with zero attached hydrogens (tertiary/aromatic N) is 3. The largest absolute Gasteiger partial charge is 0.445 e. The molecular formula is C26H30N4O9S. The van der Waals surface area contributed by atoms with Gasteiger partial charge in [0, 0.05) is 55.6 Å². The lowest BCUT2D eigenvalue weighted by molar-refractivity contribution is -0.385. The summed E-state index contributed by atoms with van der Waals surface area (Å²) >= 11 is 1.18. The van der Waals surface area contributed by atoms with Crippen LogP contribution in [0.1, 0.15) is 42.9 Å². The molecule has 0 saturated carbocycles. The highest BCUT2D eigenvalue weighted by Crippen LogP contribution is 2.31. The van der Waals surface area contributed by atoms with Crippen molar-refractivity contribution in [2.45, 2.75) is 57.6 Å². The van der Waals surface area contributed by atoms with E-state index in [1.54, 1.807) is 17.9 Å². The molecule has 0 aliphatic carbocycles. The van der Waals surface area contributed by atoms with Gasteiger partial charge in [-0.25, -0.2) is 9.59 Å². The van der Waals surface area contributed by atoms with Crippen molar-refractivity contribution in [1.29, 1.82) is 0 Å². The second kappa shape index (κ2) is 14.3. The first-order valence-electron chi connectivity index (χ1n) is 12.5. The van der Waals surface area contributed by atoms with Crippen molar-refractivity contribution in [2.75, 3.05) is 13.1 Å². The maximum atomic E-state index is 12.9. The molecule has 1 heterocycles. The Kier molecular flexibility index (Phi) is 10.8. The maximum Gasteiger partial charge on any atom is 0.410 e. The third kappa shape index (κ3) is 8.93. The molecule has 13 nitrogen and oxygen atoms in total. The van der Waals surface area contributed by atoms with Crippen LogP contribution in [0.4, 0.5) is 21.0 Å². The first-order valence-corrected chi connectivity index (χ1v) is 13.4. The van der Waals surface area contributed by atoms with Crippen molar-refractivity contribution in [1.82, 2.24) is 10.2 Å². The van der Waals surface area contributed by atoms with Gasteiger partial charge in [-0.2, -0.15) is 0 Å². The molecule has 2 aromatic rings. The number of amides is 2. The molecule has 2 amide bonds. The van der Waals surface area contributed by atoms with Gasteiger partial charge < -0.3 is 19.7 Å². The van der Waals surface area contributed by atoms with Gasteiger partial charge in [-0.1, -0.05) is 11.8 Å². The molecule has 40 heavy (non-hydrogen) atoms. The number of hydrogen-bond donors (Lipinski definition) is 1. The highest BCUT2D eigenvalue weighted by Gasteiger charge is 2.36. The van der Waals surface area contributed by atoms with Crippen LogP contribution >= 0.6 is 11.8 Å². The van der Waals surface area contributed by atoms with Gasteiger partial charge in [0.05, 0.1) is 9.85 Å². The van der Waals surface area contributed by atoms with E-state index in [2.05, 4.69) is 5.32 Å². The zero-order valence-electron chi connectivity index (χ0n) is 22.1. The molecule has 2 aromatic carbocycles. The fourth-order valence-electron chi connectivity index (χ4n) is 4.31. The van der Waals surface area contributed by atoms with E-state index in [1.807, 2.05) is 0 Å². The van der Waals surface area contributed by atoms with Crippen LogP contribution in [-0.4, -0.2) is 56.4 Å². The fourth-order valence-corrected chi connectivity index (χ4v) is 5.33. The number of alkyl carbamates (subject to hydrolysis) is 1. The Morgan fingerprint density at radius 2 is 1.70 bits per heavy atom. The van der Waals surface area contributed by atoms with E-state index in [-0.39, 0.29) is 41.0 Å². The minimum atomic E-state index is -0.631. The van der Waals surface area contributed by atoms with E-state index in [1.165, 1.54) is 55.1 Å². The quantitative estimate of drug-likeness (QED) is 0.221. The number of ether oxygens (including phenoxy) is 2. The summed E-state index contributed by atoms with van der Waals surface area (Å²) < 4.78 is 10.7. The molecule has 0 radical (unpaired) electrons. The van der Waals surface area contributed by atoms with Crippen molar-refractivity contribution < 1.29 is 33.7 Å². The Bertz CT molecular complexity index is 1260. The van der Waals surface area contributed by atoms with E-state index in [0.29, 0.717) is 49.0 Å².